The summed E-state index contributed by atoms with van der Waals surface area (Å²) >= 11 is 0. The molecule has 2 aromatic heterocycles. The van der Waals surface area contributed by atoms with E-state index in [0.717, 1.165) is 51.0 Å². The maximum Gasteiger partial charge on any atom is 0.299 e. The van der Waals surface area contributed by atoms with Crippen molar-refractivity contribution in [3.63, 3.8) is 0 Å². The van der Waals surface area contributed by atoms with Crippen LogP contribution in [0, 0.1) is 0 Å². The SMILES string of the molecule is CN1CCN(CCNS(=O)(=O)Nc2cccc(-c3cn4cc(C(=O)NC5CCC5)ccc4n3)c2)CC1. The molecule has 0 unspecified atom stereocenters. The Kier molecular flexibility index (Phi) is 7.24. The van der Waals surface area contributed by atoms with E-state index in [1.165, 1.54) is 0 Å². The standard InChI is InChI=1S/C25H33N7O3S/c1-30-12-14-31(15-13-30)11-10-26-36(34,35)29-22-7-2-4-19(16-22)23-18-32-17-20(8-9-24(32)28-23)25(33)27-21-5-3-6-21/h2,4,7-9,16-18,21,26,29H,3,5-6,10-15H2,1H3,(H,27,33). The number of aromatic nitrogens is 2. The largest absolute Gasteiger partial charge is 0.349 e. The van der Waals surface area contributed by atoms with Crippen LogP contribution in [0.1, 0.15) is 29.6 Å². The van der Waals surface area contributed by atoms with E-state index in [4.69, 9.17) is 0 Å². The molecular formula is C25H33N7O3S. The highest BCUT2D eigenvalue weighted by Crippen LogP contribution is 2.24. The van der Waals surface area contributed by atoms with Crippen LogP contribution >= 0.6 is 0 Å². The van der Waals surface area contributed by atoms with Crippen LogP contribution in [0.5, 0.6) is 0 Å². The minimum Gasteiger partial charge on any atom is -0.349 e. The molecule has 0 atom stereocenters. The first-order chi connectivity index (χ1) is 17.3. The molecule has 0 bridgehead atoms. The number of carbonyl (C=O) groups is 1. The molecule has 11 heteroatoms. The summed E-state index contributed by atoms with van der Waals surface area (Å²) in [5, 5.41) is 3.05. The molecule has 0 radical (unpaired) electrons. The van der Waals surface area contributed by atoms with Gasteiger partial charge in [-0.2, -0.15) is 13.1 Å². The molecule has 1 saturated carbocycles. The van der Waals surface area contributed by atoms with Crippen LogP contribution < -0.4 is 14.8 Å². The van der Waals surface area contributed by atoms with Crippen molar-refractivity contribution < 1.29 is 13.2 Å². The lowest BCUT2D eigenvalue weighted by Gasteiger charge is -2.32. The predicted molar refractivity (Wildman–Crippen MR) is 140 cm³/mol. The van der Waals surface area contributed by atoms with Gasteiger partial charge in [0, 0.05) is 63.3 Å². The monoisotopic (exact) mass is 511 g/mol. The highest BCUT2D eigenvalue weighted by molar-refractivity contribution is 7.90. The number of pyridine rings is 1. The van der Waals surface area contributed by atoms with Crippen molar-refractivity contribution in [2.24, 2.45) is 0 Å². The number of benzene rings is 1. The fraction of sp³-hybridized carbons (Fsp3) is 0.440. The smallest absolute Gasteiger partial charge is 0.299 e. The van der Waals surface area contributed by atoms with Gasteiger partial charge in [-0.25, -0.2) is 4.98 Å². The molecule has 1 aliphatic heterocycles. The lowest BCUT2D eigenvalue weighted by molar-refractivity contribution is 0.0916. The van der Waals surface area contributed by atoms with Crippen LogP contribution in [-0.4, -0.2) is 85.9 Å². The molecule has 2 aliphatic rings. The van der Waals surface area contributed by atoms with Gasteiger partial charge in [0.15, 0.2) is 0 Å². The number of nitrogens with zero attached hydrogens (tertiary/aromatic N) is 4. The normalized spacial score (nSPS) is 17.7. The second-order valence-corrected chi connectivity index (χ2v) is 11.1. The number of likely N-dealkylation sites (N-methyl/N-ethyl adjacent to an activating group) is 1. The van der Waals surface area contributed by atoms with Crippen LogP contribution in [0.3, 0.4) is 0 Å². The van der Waals surface area contributed by atoms with Gasteiger partial charge in [0.05, 0.1) is 16.9 Å². The zero-order valence-electron chi connectivity index (χ0n) is 20.5. The van der Waals surface area contributed by atoms with Crippen molar-refractivity contribution in [3.8, 4) is 11.3 Å². The van der Waals surface area contributed by atoms with Crippen LogP contribution in [0.2, 0.25) is 0 Å². The minimum atomic E-state index is -3.70. The molecule has 3 N–H and O–H groups in total. The molecule has 192 valence electrons. The lowest BCUT2D eigenvalue weighted by Crippen LogP contribution is -2.47. The van der Waals surface area contributed by atoms with E-state index in [-0.39, 0.29) is 11.9 Å². The summed E-state index contributed by atoms with van der Waals surface area (Å²) in [5.41, 5.74) is 3.22. The Hall–Kier alpha value is -2.99. The van der Waals surface area contributed by atoms with Crippen molar-refractivity contribution in [2.75, 3.05) is 51.0 Å². The summed E-state index contributed by atoms with van der Waals surface area (Å²) in [6, 6.07) is 11.0. The average Bonchev–Trinajstić information content (AvgIpc) is 3.26. The topological polar surface area (TPSA) is 111 Å². The number of carbonyl (C=O) groups excluding carboxylic acids is 1. The van der Waals surface area contributed by atoms with Crippen molar-refractivity contribution >= 4 is 27.5 Å². The molecule has 36 heavy (non-hydrogen) atoms. The Morgan fingerprint density at radius 3 is 2.64 bits per heavy atom. The number of amides is 1. The van der Waals surface area contributed by atoms with Gasteiger partial charge in [0.25, 0.3) is 16.1 Å². The van der Waals surface area contributed by atoms with Crippen LogP contribution in [0.25, 0.3) is 16.9 Å². The molecule has 1 amide bonds. The number of imidazole rings is 1. The van der Waals surface area contributed by atoms with Gasteiger partial charge in [0.2, 0.25) is 0 Å². The number of hydrogen-bond acceptors (Lipinski definition) is 6. The number of fused-ring (bicyclic) bond motifs is 1. The molecule has 1 saturated heterocycles. The number of nitrogens with one attached hydrogen (secondary N) is 3. The minimum absolute atomic E-state index is 0.0756. The molecule has 3 aromatic rings. The van der Waals surface area contributed by atoms with Crippen molar-refractivity contribution in [1.29, 1.82) is 0 Å². The van der Waals surface area contributed by atoms with Gasteiger partial charge >= 0.3 is 0 Å². The quantitative estimate of drug-likeness (QED) is 0.404. The molecule has 1 aliphatic carbocycles. The predicted octanol–water partition coefficient (Wildman–Crippen LogP) is 1.78. The highest BCUT2D eigenvalue weighted by Gasteiger charge is 2.20. The third kappa shape index (κ3) is 6.04. The van der Waals surface area contributed by atoms with Gasteiger partial charge in [0.1, 0.15) is 5.65 Å². The Balaban J connectivity index is 1.22. The molecule has 1 aromatic carbocycles. The van der Waals surface area contributed by atoms with Crippen molar-refractivity contribution in [3.05, 3.63) is 54.4 Å². The van der Waals surface area contributed by atoms with Crippen LogP contribution in [0.4, 0.5) is 5.69 Å². The molecule has 2 fully saturated rings. The maximum absolute atomic E-state index is 12.6. The van der Waals surface area contributed by atoms with Crippen molar-refractivity contribution in [2.45, 2.75) is 25.3 Å². The van der Waals surface area contributed by atoms with E-state index in [0.29, 0.717) is 35.7 Å². The molecule has 5 rings (SSSR count). The molecule has 10 nitrogen and oxygen atoms in total. The summed E-state index contributed by atoms with van der Waals surface area (Å²) in [6.07, 6.45) is 6.86. The average molecular weight is 512 g/mol. The third-order valence-electron chi connectivity index (χ3n) is 6.88. The second-order valence-electron chi connectivity index (χ2n) is 9.64. The third-order valence-corrected chi connectivity index (χ3v) is 7.97. The van der Waals surface area contributed by atoms with E-state index in [2.05, 4.69) is 36.6 Å². The number of rotatable bonds is 9. The number of piperazine rings is 1. The van der Waals surface area contributed by atoms with Crippen molar-refractivity contribution in [1.82, 2.24) is 29.2 Å². The summed E-state index contributed by atoms with van der Waals surface area (Å²) in [4.78, 5) is 21.7. The van der Waals surface area contributed by atoms with E-state index in [1.807, 2.05) is 22.7 Å². The first kappa shape index (κ1) is 24.7. The molecule has 0 spiro atoms. The second kappa shape index (κ2) is 10.6. The zero-order valence-corrected chi connectivity index (χ0v) is 21.3. The van der Waals surface area contributed by atoms with E-state index < -0.39 is 10.2 Å². The highest BCUT2D eigenvalue weighted by atomic mass is 32.2. The van der Waals surface area contributed by atoms with E-state index in [1.54, 1.807) is 30.5 Å². The van der Waals surface area contributed by atoms with Gasteiger partial charge in [-0.15, -0.1) is 0 Å². The van der Waals surface area contributed by atoms with Crippen LogP contribution in [0.15, 0.2) is 48.8 Å². The first-order valence-electron chi connectivity index (χ1n) is 12.4. The summed E-state index contributed by atoms with van der Waals surface area (Å²) in [5.74, 6) is -0.0756. The van der Waals surface area contributed by atoms with E-state index in [9.17, 15) is 13.2 Å². The van der Waals surface area contributed by atoms with Gasteiger partial charge in [-0.1, -0.05) is 12.1 Å². The van der Waals surface area contributed by atoms with Gasteiger partial charge < -0.3 is 14.6 Å². The Morgan fingerprint density at radius 1 is 1.08 bits per heavy atom. The van der Waals surface area contributed by atoms with Crippen LogP contribution in [-0.2, 0) is 10.2 Å². The maximum atomic E-state index is 12.6. The Bertz CT molecular complexity index is 1330. The van der Waals surface area contributed by atoms with Gasteiger partial charge in [-0.3, -0.25) is 14.4 Å². The zero-order chi connectivity index (χ0) is 25.1. The Morgan fingerprint density at radius 2 is 1.89 bits per heavy atom. The fourth-order valence-corrected chi connectivity index (χ4v) is 5.30. The number of anilines is 1. The Labute approximate surface area is 211 Å². The summed E-state index contributed by atoms with van der Waals surface area (Å²) < 4.78 is 32.2. The summed E-state index contributed by atoms with van der Waals surface area (Å²) in [6.45, 7) is 4.91. The number of hydrogen-bond donors (Lipinski definition) is 3. The first-order valence-corrected chi connectivity index (χ1v) is 13.9. The van der Waals surface area contributed by atoms with E-state index >= 15 is 0 Å². The lowest BCUT2D eigenvalue weighted by atomic mass is 9.93. The van der Waals surface area contributed by atoms with Gasteiger partial charge in [-0.05, 0) is 50.6 Å². The summed E-state index contributed by atoms with van der Waals surface area (Å²) in [7, 11) is -1.61. The fourth-order valence-electron chi connectivity index (χ4n) is 4.43. The molecular weight excluding hydrogens is 478 g/mol. The molecule has 3 heterocycles.